The Hall–Kier alpha value is -1.67. The summed E-state index contributed by atoms with van der Waals surface area (Å²) in [5, 5.41) is 3.04. The predicted molar refractivity (Wildman–Crippen MR) is 114 cm³/mol. The number of likely N-dealkylation sites (N-methyl/N-ethyl adjacent to an activating group) is 1. The predicted octanol–water partition coefficient (Wildman–Crippen LogP) is 1.04. The van der Waals surface area contributed by atoms with Crippen molar-refractivity contribution in [2.24, 2.45) is 0 Å². The molecule has 0 bridgehead atoms. The fraction of sp³-hybridized carbons (Fsp3) is 0.682. The minimum atomic E-state index is 0.0938. The average molecular weight is 405 g/mol. The number of benzene rings is 1. The van der Waals surface area contributed by atoms with Crippen LogP contribution in [0.1, 0.15) is 18.4 Å². The summed E-state index contributed by atoms with van der Waals surface area (Å²) in [6, 6.07) is 8.52. The second kappa shape index (κ2) is 11.5. The van der Waals surface area contributed by atoms with Gasteiger partial charge in [0.1, 0.15) is 12.4 Å². The summed E-state index contributed by atoms with van der Waals surface area (Å²) in [5.74, 6) is 0.912. The highest BCUT2D eigenvalue weighted by Gasteiger charge is 2.27. The standard InChI is InChI=1S/C22H36N4O3/c1-24-9-3-4-20(17-24)26-12-10-25(11-13-26)18-22(27)23-16-19-5-7-21(8-6-19)29-15-14-28-2/h5-8,20H,3-4,9-18H2,1-2H3,(H,23,27). The number of likely N-dealkylation sites (tertiary alicyclic amines) is 1. The van der Waals surface area contributed by atoms with Gasteiger partial charge in [0.25, 0.3) is 0 Å². The van der Waals surface area contributed by atoms with Gasteiger partial charge in [-0.15, -0.1) is 0 Å². The summed E-state index contributed by atoms with van der Waals surface area (Å²) in [6.07, 6.45) is 2.60. The molecule has 1 atom stereocenters. The molecule has 2 aliphatic rings. The number of rotatable bonds is 9. The molecule has 0 aromatic heterocycles. The van der Waals surface area contributed by atoms with Crippen LogP contribution in [0, 0.1) is 0 Å². The maximum atomic E-state index is 12.3. The number of nitrogens with zero attached hydrogens (tertiary/aromatic N) is 3. The Morgan fingerprint density at radius 3 is 2.55 bits per heavy atom. The minimum Gasteiger partial charge on any atom is -0.491 e. The van der Waals surface area contributed by atoms with Gasteiger partial charge in [-0.2, -0.15) is 0 Å². The van der Waals surface area contributed by atoms with E-state index in [2.05, 4.69) is 27.1 Å². The number of piperidine rings is 1. The van der Waals surface area contributed by atoms with Crippen LogP contribution < -0.4 is 10.1 Å². The second-order valence-corrected chi connectivity index (χ2v) is 8.13. The van der Waals surface area contributed by atoms with Crippen molar-refractivity contribution in [2.75, 3.05) is 73.2 Å². The molecule has 1 amide bonds. The molecule has 2 aliphatic heterocycles. The van der Waals surface area contributed by atoms with Gasteiger partial charge < -0.3 is 19.7 Å². The third kappa shape index (κ3) is 7.26. The van der Waals surface area contributed by atoms with Gasteiger partial charge in [0.15, 0.2) is 0 Å². The van der Waals surface area contributed by atoms with Crippen LogP contribution in [0.2, 0.25) is 0 Å². The van der Waals surface area contributed by atoms with Crippen LogP contribution >= 0.6 is 0 Å². The van der Waals surface area contributed by atoms with Gasteiger partial charge in [0.2, 0.25) is 5.91 Å². The van der Waals surface area contributed by atoms with Crippen molar-refractivity contribution < 1.29 is 14.3 Å². The van der Waals surface area contributed by atoms with Gasteiger partial charge in [0.05, 0.1) is 13.2 Å². The summed E-state index contributed by atoms with van der Waals surface area (Å²) >= 11 is 0. The molecular formula is C22H36N4O3. The Labute approximate surface area is 174 Å². The van der Waals surface area contributed by atoms with Crippen LogP contribution in [0.3, 0.4) is 0 Å². The number of methoxy groups -OCH3 is 1. The molecular weight excluding hydrogens is 368 g/mol. The highest BCUT2D eigenvalue weighted by atomic mass is 16.5. The summed E-state index contributed by atoms with van der Waals surface area (Å²) in [4.78, 5) is 19.7. The van der Waals surface area contributed by atoms with Gasteiger partial charge in [-0.1, -0.05) is 12.1 Å². The molecule has 2 saturated heterocycles. The van der Waals surface area contributed by atoms with Crippen molar-refractivity contribution in [2.45, 2.75) is 25.4 Å². The van der Waals surface area contributed by atoms with Gasteiger partial charge >= 0.3 is 0 Å². The molecule has 7 heteroatoms. The van der Waals surface area contributed by atoms with Crippen LogP contribution in [-0.2, 0) is 16.1 Å². The maximum absolute atomic E-state index is 12.3. The van der Waals surface area contributed by atoms with Crippen LogP contribution in [0.5, 0.6) is 5.75 Å². The van der Waals surface area contributed by atoms with E-state index in [9.17, 15) is 4.79 Å². The Kier molecular flexibility index (Phi) is 8.73. The van der Waals surface area contributed by atoms with Crippen molar-refractivity contribution >= 4 is 5.91 Å². The normalized spacial score (nSPS) is 21.8. The van der Waals surface area contributed by atoms with E-state index in [1.165, 1.54) is 25.9 Å². The summed E-state index contributed by atoms with van der Waals surface area (Å²) in [7, 11) is 3.87. The van der Waals surface area contributed by atoms with Gasteiger partial charge in [-0.05, 0) is 44.1 Å². The zero-order valence-corrected chi connectivity index (χ0v) is 17.9. The first-order valence-corrected chi connectivity index (χ1v) is 10.8. The molecule has 0 aliphatic carbocycles. The van der Waals surface area contributed by atoms with Gasteiger partial charge in [-0.25, -0.2) is 0 Å². The van der Waals surface area contributed by atoms with E-state index in [0.29, 0.717) is 32.3 Å². The average Bonchev–Trinajstić information content (AvgIpc) is 2.74. The number of ether oxygens (including phenoxy) is 2. The molecule has 29 heavy (non-hydrogen) atoms. The van der Waals surface area contributed by atoms with Crippen LogP contribution in [0.15, 0.2) is 24.3 Å². The number of hydrogen-bond donors (Lipinski definition) is 1. The smallest absolute Gasteiger partial charge is 0.234 e. The minimum absolute atomic E-state index is 0.0938. The summed E-state index contributed by atoms with van der Waals surface area (Å²) in [6.45, 7) is 8.62. The monoisotopic (exact) mass is 404 g/mol. The Morgan fingerprint density at radius 2 is 1.86 bits per heavy atom. The molecule has 7 nitrogen and oxygen atoms in total. The van der Waals surface area contributed by atoms with Crippen molar-refractivity contribution in [1.82, 2.24) is 20.0 Å². The number of nitrogens with one attached hydrogen (secondary N) is 1. The first-order chi connectivity index (χ1) is 14.1. The molecule has 3 rings (SSSR count). The Bertz CT molecular complexity index is 617. The number of piperazine rings is 1. The van der Waals surface area contributed by atoms with E-state index in [1.807, 2.05) is 24.3 Å². The maximum Gasteiger partial charge on any atom is 0.234 e. The van der Waals surface area contributed by atoms with E-state index in [-0.39, 0.29) is 5.91 Å². The first kappa shape index (κ1) is 22.0. The van der Waals surface area contributed by atoms with Crippen LogP contribution in [-0.4, -0.2) is 99.8 Å². The zero-order chi connectivity index (χ0) is 20.5. The molecule has 2 fully saturated rings. The van der Waals surface area contributed by atoms with Crippen molar-refractivity contribution in [3.05, 3.63) is 29.8 Å². The Balaban J connectivity index is 1.33. The number of carbonyl (C=O) groups excluding carboxylic acids is 1. The zero-order valence-electron chi connectivity index (χ0n) is 17.9. The highest BCUT2D eigenvalue weighted by Crippen LogP contribution is 2.16. The lowest BCUT2D eigenvalue weighted by Crippen LogP contribution is -2.55. The molecule has 1 unspecified atom stereocenters. The quantitative estimate of drug-likeness (QED) is 0.621. The molecule has 1 N–H and O–H groups in total. The molecule has 2 heterocycles. The molecule has 1 aromatic carbocycles. The largest absolute Gasteiger partial charge is 0.491 e. The van der Waals surface area contributed by atoms with E-state index < -0.39 is 0 Å². The molecule has 0 spiro atoms. The van der Waals surface area contributed by atoms with Crippen molar-refractivity contribution in [3.8, 4) is 5.75 Å². The fourth-order valence-corrected chi connectivity index (χ4v) is 4.13. The van der Waals surface area contributed by atoms with Gasteiger partial charge in [0, 0.05) is 52.4 Å². The number of hydrogen-bond acceptors (Lipinski definition) is 6. The number of carbonyl (C=O) groups is 1. The molecule has 1 aromatic rings. The molecule has 0 saturated carbocycles. The lowest BCUT2D eigenvalue weighted by atomic mass is 10.0. The lowest BCUT2D eigenvalue weighted by molar-refractivity contribution is -0.123. The Morgan fingerprint density at radius 1 is 1.10 bits per heavy atom. The molecule has 0 radical (unpaired) electrons. The van der Waals surface area contributed by atoms with E-state index >= 15 is 0 Å². The van der Waals surface area contributed by atoms with Crippen molar-refractivity contribution in [1.29, 1.82) is 0 Å². The molecule has 162 valence electrons. The fourth-order valence-electron chi connectivity index (χ4n) is 4.13. The summed E-state index contributed by atoms with van der Waals surface area (Å²) in [5.41, 5.74) is 1.07. The highest BCUT2D eigenvalue weighted by molar-refractivity contribution is 5.78. The van der Waals surface area contributed by atoms with Crippen LogP contribution in [0.25, 0.3) is 0 Å². The third-order valence-corrected chi connectivity index (χ3v) is 5.86. The second-order valence-electron chi connectivity index (χ2n) is 8.13. The summed E-state index contributed by atoms with van der Waals surface area (Å²) < 4.78 is 10.5. The van der Waals surface area contributed by atoms with Crippen molar-refractivity contribution in [3.63, 3.8) is 0 Å². The topological polar surface area (TPSA) is 57.3 Å². The van der Waals surface area contributed by atoms with Gasteiger partial charge in [-0.3, -0.25) is 14.6 Å². The van der Waals surface area contributed by atoms with E-state index in [4.69, 9.17) is 9.47 Å². The van der Waals surface area contributed by atoms with E-state index in [0.717, 1.165) is 37.5 Å². The van der Waals surface area contributed by atoms with Crippen LogP contribution in [0.4, 0.5) is 0 Å². The number of amides is 1. The first-order valence-electron chi connectivity index (χ1n) is 10.8. The SMILES string of the molecule is COCCOc1ccc(CNC(=O)CN2CCN(C3CCCN(C)C3)CC2)cc1. The lowest BCUT2D eigenvalue weighted by Gasteiger charge is -2.42. The van der Waals surface area contributed by atoms with E-state index in [1.54, 1.807) is 7.11 Å². The third-order valence-electron chi connectivity index (χ3n) is 5.86.